The maximum Gasteiger partial charge on any atom is 0.282 e. The lowest BCUT2D eigenvalue weighted by Gasteiger charge is -2.11. The highest BCUT2D eigenvalue weighted by Crippen LogP contribution is 2.24. The summed E-state index contributed by atoms with van der Waals surface area (Å²) in [5.74, 6) is 0.702. The van der Waals surface area contributed by atoms with Crippen LogP contribution < -0.4 is 5.32 Å². The van der Waals surface area contributed by atoms with Crippen molar-refractivity contribution in [1.82, 2.24) is 5.32 Å². The number of hydrogen-bond donors (Lipinski definition) is 2. The van der Waals surface area contributed by atoms with Crippen molar-refractivity contribution in [3.05, 3.63) is 62.0 Å². The molecule has 0 bridgehead atoms. The average Bonchev–Trinajstić information content (AvgIpc) is 2.85. The second-order valence-electron chi connectivity index (χ2n) is 5.35. The number of furan rings is 1. The molecule has 128 valence electrons. The maximum absolute atomic E-state index is 12.1. The van der Waals surface area contributed by atoms with Crippen molar-refractivity contribution in [2.24, 2.45) is 0 Å². The van der Waals surface area contributed by atoms with E-state index in [4.69, 9.17) is 16.0 Å². The molecule has 2 rings (SSSR count). The van der Waals surface area contributed by atoms with Crippen molar-refractivity contribution in [2.75, 3.05) is 6.54 Å². The van der Waals surface area contributed by atoms with Crippen molar-refractivity contribution >= 4 is 23.2 Å². The van der Waals surface area contributed by atoms with Crippen LogP contribution in [0.4, 0.5) is 5.69 Å². The third-order valence-electron chi connectivity index (χ3n) is 3.54. The molecular formula is C16H17ClN2O5. The quantitative estimate of drug-likeness (QED) is 0.612. The van der Waals surface area contributed by atoms with E-state index in [1.165, 1.54) is 18.2 Å². The topological polar surface area (TPSA) is 106 Å². The molecule has 2 N–H and O–H groups in total. The van der Waals surface area contributed by atoms with E-state index in [0.29, 0.717) is 17.1 Å². The van der Waals surface area contributed by atoms with Gasteiger partial charge < -0.3 is 14.8 Å². The summed E-state index contributed by atoms with van der Waals surface area (Å²) in [5, 5.41) is 23.9. The molecule has 2 aromatic rings. The van der Waals surface area contributed by atoms with Crippen molar-refractivity contribution in [2.45, 2.75) is 26.4 Å². The van der Waals surface area contributed by atoms with Crippen LogP contribution in [0.5, 0.6) is 0 Å². The second-order valence-corrected chi connectivity index (χ2v) is 5.78. The Morgan fingerprint density at radius 1 is 1.42 bits per heavy atom. The van der Waals surface area contributed by atoms with E-state index in [2.05, 4.69) is 5.32 Å². The van der Waals surface area contributed by atoms with Gasteiger partial charge in [0.15, 0.2) is 0 Å². The van der Waals surface area contributed by atoms with Gasteiger partial charge in [-0.25, -0.2) is 0 Å². The Balaban J connectivity index is 2.00. The molecule has 1 amide bonds. The van der Waals surface area contributed by atoms with E-state index in [0.717, 1.165) is 0 Å². The molecular weight excluding hydrogens is 336 g/mol. The lowest BCUT2D eigenvalue weighted by molar-refractivity contribution is -0.385. The van der Waals surface area contributed by atoms with Crippen molar-refractivity contribution < 1.29 is 19.2 Å². The standard InChI is InChI=1S/C16H17ClN2O5/c1-9-7-12(10(2)24-9)15(20)5-6-18-16(21)13-8-11(17)3-4-14(13)19(22)23/h3-4,7-8,15,20H,5-6H2,1-2H3,(H,18,21). The molecule has 8 heteroatoms. The fraction of sp³-hybridized carbons (Fsp3) is 0.312. The predicted octanol–water partition coefficient (Wildman–Crippen LogP) is 3.31. The van der Waals surface area contributed by atoms with Gasteiger partial charge in [-0.2, -0.15) is 0 Å². The van der Waals surface area contributed by atoms with Crippen LogP contribution in [0.3, 0.4) is 0 Å². The molecule has 1 atom stereocenters. The number of nitro groups is 1. The number of carbonyl (C=O) groups is 1. The number of nitrogens with one attached hydrogen (secondary N) is 1. The lowest BCUT2D eigenvalue weighted by Crippen LogP contribution is -2.26. The Kier molecular flexibility index (Phi) is 5.58. The first-order chi connectivity index (χ1) is 11.3. The summed E-state index contributed by atoms with van der Waals surface area (Å²) in [7, 11) is 0. The molecule has 1 aromatic heterocycles. The summed E-state index contributed by atoms with van der Waals surface area (Å²) >= 11 is 5.80. The van der Waals surface area contributed by atoms with Gasteiger partial charge >= 0.3 is 0 Å². The van der Waals surface area contributed by atoms with E-state index < -0.39 is 16.9 Å². The molecule has 1 unspecified atom stereocenters. The Bertz CT molecular complexity index is 772. The number of hydrogen-bond acceptors (Lipinski definition) is 5. The molecule has 0 aliphatic heterocycles. The zero-order chi connectivity index (χ0) is 17.9. The van der Waals surface area contributed by atoms with Gasteiger partial charge in [0.2, 0.25) is 0 Å². The molecule has 1 heterocycles. The van der Waals surface area contributed by atoms with E-state index in [-0.39, 0.29) is 29.2 Å². The van der Waals surface area contributed by atoms with Crippen LogP contribution in [0, 0.1) is 24.0 Å². The third kappa shape index (κ3) is 4.12. The number of carbonyl (C=O) groups excluding carboxylic acids is 1. The largest absolute Gasteiger partial charge is 0.466 e. The van der Waals surface area contributed by atoms with Gasteiger partial charge in [0.05, 0.1) is 11.0 Å². The molecule has 7 nitrogen and oxygen atoms in total. The molecule has 0 spiro atoms. The summed E-state index contributed by atoms with van der Waals surface area (Å²) in [4.78, 5) is 22.5. The second kappa shape index (κ2) is 7.46. The Hall–Kier alpha value is -2.38. The molecule has 0 radical (unpaired) electrons. The number of nitrogens with zero attached hydrogens (tertiary/aromatic N) is 1. The smallest absolute Gasteiger partial charge is 0.282 e. The Morgan fingerprint density at radius 3 is 2.71 bits per heavy atom. The maximum atomic E-state index is 12.1. The van der Waals surface area contributed by atoms with Gasteiger partial charge in [-0.1, -0.05) is 11.6 Å². The molecule has 24 heavy (non-hydrogen) atoms. The zero-order valence-corrected chi connectivity index (χ0v) is 14.0. The fourth-order valence-corrected chi connectivity index (χ4v) is 2.58. The highest BCUT2D eigenvalue weighted by Gasteiger charge is 2.21. The van der Waals surface area contributed by atoms with Gasteiger partial charge in [0, 0.05) is 23.2 Å². The number of aryl methyl sites for hydroxylation is 2. The number of aliphatic hydroxyl groups excluding tert-OH is 1. The van der Waals surface area contributed by atoms with Crippen LogP contribution >= 0.6 is 11.6 Å². The summed E-state index contributed by atoms with van der Waals surface area (Å²) in [6, 6.07) is 5.52. The first kappa shape index (κ1) is 18.0. The van der Waals surface area contributed by atoms with Crippen LogP contribution in [0.2, 0.25) is 5.02 Å². The minimum absolute atomic E-state index is 0.114. The fourth-order valence-electron chi connectivity index (χ4n) is 2.40. The van der Waals surface area contributed by atoms with Crippen LogP contribution in [-0.4, -0.2) is 22.5 Å². The summed E-state index contributed by atoms with van der Waals surface area (Å²) in [6.07, 6.45) is -0.544. The molecule has 1 aromatic carbocycles. The van der Waals surface area contributed by atoms with Crippen LogP contribution in [0.15, 0.2) is 28.7 Å². The first-order valence-corrected chi connectivity index (χ1v) is 7.64. The number of halogens is 1. The van der Waals surface area contributed by atoms with Crippen LogP contribution in [0.1, 0.15) is 40.0 Å². The van der Waals surface area contributed by atoms with Gasteiger partial charge in [0.1, 0.15) is 17.1 Å². The SMILES string of the molecule is Cc1cc(C(O)CCNC(=O)c2cc(Cl)ccc2[N+](=O)[O-])c(C)o1. The van der Waals surface area contributed by atoms with E-state index in [9.17, 15) is 20.0 Å². The van der Waals surface area contributed by atoms with E-state index in [1.807, 2.05) is 0 Å². The minimum atomic E-state index is -0.794. The number of amides is 1. The highest BCUT2D eigenvalue weighted by molar-refractivity contribution is 6.31. The molecule has 0 aliphatic rings. The number of aliphatic hydroxyl groups is 1. The van der Waals surface area contributed by atoms with Gasteiger partial charge in [-0.05, 0) is 38.5 Å². The van der Waals surface area contributed by atoms with Crippen molar-refractivity contribution in [3.63, 3.8) is 0 Å². The summed E-state index contributed by atoms with van der Waals surface area (Å²) in [6.45, 7) is 3.68. The third-order valence-corrected chi connectivity index (χ3v) is 3.78. The number of nitro benzene ring substituents is 1. The van der Waals surface area contributed by atoms with E-state index in [1.54, 1.807) is 19.9 Å². The zero-order valence-electron chi connectivity index (χ0n) is 13.2. The molecule has 0 saturated carbocycles. The normalized spacial score (nSPS) is 12.0. The monoisotopic (exact) mass is 352 g/mol. The molecule has 0 fully saturated rings. The number of benzene rings is 1. The van der Waals surface area contributed by atoms with Crippen molar-refractivity contribution in [1.29, 1.82) is 0 Å². The van der Waals surface area contributed by atoms with Crippen molar-refractivity contribution in [3.8, 4) is 0 Å². The first-order valence-electron chi connectivity index (χ1n) is 7.26. The Morgan fingerprint density at radius 2 is 2.12 bits per heavy atom. The molecule has 0 aliphatic carbocycles. The Labute approximate surface area is 143 Å². The summed E-state index contributed by atoms with van der Waals surface area (Å²) < 4.78 is 5.35. The van der Waals surface area contributed by atoms with Crippen LogP contribution in [-0.2, 0) is 0 Å². The van der Waals surface area contributed by atoms with Gasteiger partial charge in [-0.15, -0.1) is 0 Å². The summed E-state index contributed by atoms with van der Waals surface area (Å²) in [5.41, 5.74) is 0.228. The molecule has 0 saturated heterocycles. The lowest BCUT2D eigenvalue weighted by atomic mass is 10.1. The van der Waals surface area contributed by atoms with E-state index >= 15 is 0 Å². The van der Waals surface area contributed by atoms with Gasteiger partial charge in [-0.3, -0.25) is 14.9 Å². The van der Waals surface area contributed by atoms with Crippen LogP contribution in [0.25, 0.3) is 0 Å². The highest BCUT2D eigenvalue weighted by atomic mass is 35.5. The average molecular weight is 353 g/mol. The van der Waals surface area contributed by atoms with Gasteiger partial charge in [0.25, 0.3) is 11.6 Å². The minimum Gasteiger partial charge on any atom is -0.466 e. The predicted molar refractivity (Wildman–Crippen MR) is 88.2 cm³/mol. The number of rotatable bonds is 6.